The van der Waals surface area contributed by atoms with Gasteiger partial charge in [-0.2, -0.15) is 5.10 Å². The summed E-state index contributed by atoms with van der Waals surface area (Å²) in [5.74, 6) is 6.93. The third kappa shape index (κ3) is 2.82. The summed E-state index contributed by atoms with van der Waals surface area (Å²) in [7, 11) is 0. The Morgan fingerprint density at radius 3 is 2.95 bits per heavy atom. The summed E-state index contributed by atoms with van der Waals surface area (Å²) in [6.07, 6.45) is 4.34. The van der Waals surface area contributed by atoms with Crippen LogP contribution >= 0.6 is 12.4 Å². The highest BCUT2D eigenvalue weighted by Crippen LogP contribution is 2.15. The van der Waals surface area contributed by atoms with Crippen LogP contribution in [0.3, 0.4) is 0 Å². The van der Waals surface area contributed by atoms with Crippen molar-refractivity contribution in [2.75, 3.05) is 11.3 Å². The summed E-state index contributed by atoms with van der Waals surface area (Å²) in [4.78, 5) is 3.18. The van der Waals surface area contributed by atoms with E-state index in [0.717, 1.165) is 22.9 Å². The maximum Gasteiger partial charge on any atom is 0.263 e. The highest BCUT2D eigenvalue weighted by molar-refractivity contribution is 5.99. The molecule has 0 radical (unpaired) electrons. The Bertz CT molecular complexity index is 759. The molecule has 8 heteroatoms. The van der Waals surface area contributed by atoms with Gasteiger partial charge in [0.1, 0.15) is 0 Å². The Balaban J connectivity index is 0.00000161. The Kier molecular flexibility index (Phi) is 4.44. The van der Waals surface area contributed by atoms with Crippen LogP contribution in [0.15, 0.2) is 35.6 Å². The minimum atomic E-state index is 0. The lowest BCUT2D eigenvalue weighted by atomic mass is 10.2. The number of hydrogen-bond donors (Lipinski definition) is 3. The van der Waals surface area contributed by atoms with E-state index < -0.39 is 0 Å². The minimum Gasteiger partial charge on any atom is -0.361 e. The van der Waals surface area contributed by atoms with Gasteiger partial charge in [0.2, 0.25) is 0 Å². The van der Waals surface area contributed by atoms with Crippen molar-refractivity contribution in [3.8, 4) is 0 Å². The molecule has 3 aromatic rings. The van der Waals surface area contributed by atoms with Crippen molar-refractivity contribution < 1.29 is 0 Å². The monoisotopic (exact) mass is 305 g/mol. The number of H-pyrrole nitrogens is 1. The maximum absolute atomic E-state index is 5.81. The fourth-order valence-corrected chi connectivity index (χ4v) is 2.00. The Morgan fingerprint density at radius 1 is 1.38 bits per heavy atom. The summed E-state index contributed by atoms with van der Waals surface area (Å²) in [5.41, 5.74) is 4.86. The Labute approximate surface area is 127 Å². The van der Waals surface area contributed by atoms with Crippen LogP contribution < -0.4 is 11.3 Å². The highest BCUT2D eigenvalue weighted by Gasteiger charge is 2.06. The van der Waals surface area contributed by atoms with E-state index in [2.05, 4.69) is 25.7 Å². The Morgan fingerprint density at radius 2 is 2.19 bits per heavy atom. The van der Waals surface area contributed by atoms with Crippen LogP contribution in [0.5, 0.6) is 0 Å². The van der Waals surface area contributed by atoms with E-state index >= 15 is 0 Å². The quantitative estimate of drug-likeness (QED) is 0.389. The van der Waals surface area contributed by atoms with E-state index in [1.165, 1.54) is 4.68 Å². The van der Waals surface area contributed by atoms with E-state index in [9.17, 15) is 0 Å². The minimum absolute atomic E-state index is 0. The number of rotatable bonds is 4. The topological polar surface area (TPSA) is 96.9 Å². The number of benzene rings is 1. The lowest BCUT2D eigenvalue weighted by molar-refractivity contribution is 0.855. The SMILES string of the molecule is CCc1nnc(N/N=C/c2c[nH]c3ccccc23)n1N.Cl. The number of halogens is 1. The van der Waals surface area contributed by atoms with Crippen molar-refractivity contribution in [1.82, 2.24) is 19.9 Å². The third-order valence-electron chi connectivity index (χ3n) is 3.07. The van der Waals surface area contributed by atoms with Crippen LogP contribution in [-0.4, -0.2) is 26.1 Å². The van der Waals surface area contributed by atoms with Crippen molar-refractivity contribution in [2.24, 2.45) is 5.10 Å². The molecule has 2 heterocycles. The number of hydrazone groups is 1. The fourth-order valence-electron chi connectivity index (χ4n) is 2.00. The van der Waals surface area contributed by atoms with Crippen LogP contribution in [0.2, 0.25) is 0 Å². The van der Waals surface area contributed by atoms with Crippen molar-refractivity contribution in [3.05, 3.63) is 41.9 Å². The van der Waals surface area contributed by atoms with Gasteiger partial charge in [-0.25, -0.2) is 10.1 Å². The molecule has 4 N–H and O–H groups in total. The largest absolute Gasteiger partial charge is 0.361 e. The van der Waals surface area contributed by atoms with Gasteiger partial charge in [-0.1, -0.05) is 25.1 Å². The second-order valence-electron chi connectivity index (χ2n) is 4.32. The molecule has 0 fully saturated rings. The number of para-hydroxylation sites is 1. The molecule has 110 valence electrons. The lowest BCUT2D eigenvalue weighted by Crippen LogP contribution is -2.14. The molecule has 7 nitrogen and oxygen atoms in total. The van der Waals surface area contributed by atoms with E-state index in [0.29, 0.717) is 11.8 Å². The zero-order valence-corrected chi connectivity index (χ0v) is 12.3. The molecular formula is C13H16ClN7. The molecule has 0 saturated heterocycles. The average Bonchev–Trinajstić information content (AvgIpc) is 3.04. The molecule has 0 aliphatic heterocycles. The number of aromatic amines is 1. The number of aryl methyl sites for hydroxylation is 1. The molecule has 0 aliphatic carbocycles. The van der Waals surface area contributed by atoms with Gasteiger partial charge >= 0.3 is 0 Å². The first-order valence-corrected chi connectivity index (χ1v) is 6.34. The smallest absolute Gasteiger partial charge is 0.263 e. The standard InChI is InChI=1S/C13H15N7.ClH/c1-2-12-17-19-13(20(12)14)18-16-8-9-7-15-11-6-4-3-5-10(9)11;/h3-8,15H,2,14H2,1H3,(H,18,19);1H/b16-8+;. The molecule has 3 rings (SSSR count). The van der Waals surface area contributed by atoms with Crippen molar-refractivity contribution in [3.63, 3.8) is 0 Å². The molecule has 2 aromatic heterocycles. The number of fused-ring (bicyclic) bond motifs is 1. The predicted molar refractivity (Wildman–Crippen MR) is 86.3 cm³/mol. The number of nitrogens with one attached hydrogen (secondary N) is 2. The summed E-state index contributed by atoms with van der Waals surface area (Å²) < 4.78 is 1.40. The second kappa shape index (κ2) is 6.27. The van der Waals surface area contributed by atoms with Gasteiger partial charge in [-0.3, -0.25) is 0 Å². The number of nitrogens with two attached hydrogens (primary N) is 1. The zero-order chi connectivity index (χ0) is 13.9. The van der Waals surface area contributed by atoms with Crippen LogP contribution in [0.25, 0.3) is 10.9 Å². The molecule has 21 heavy (non-hydrogen) atoms. The van der Waals surface area contributed by atoms with Gasteiger partial charge in [0, 0.05) is 29.1 Å². The molecule has 0 amide bonds. The van der Waals surface area contributed by atoms with Gasteiger partial charge in [-0.05, 0) is 6.07 Å². The second-order valence-corrected chi connectivity index (χ2v) is 4.32. The predicted octanol–water partition coefficient (Wildman–Crippen LogP) is 1.90. The fraction of sp³-hybridized carbons (Fsp3) is 0.154. The zero-order valence-electron chi connectivity index (χ0n) is 11.4. The first-order valence-electron chi connectivity index (χ1n) is 6.34. The number of aromatic nitrogens is 4. The number of hydrogen-bond acceptors (Lipinski definition) is 5. The van der Waals surface area contributed by atoms with Crippen LogP contribution in [0, 0.1) is 0 Å². The molecule has 0 bridgehead atoms. The van der Waals surface area contributed by atoms with Crippen LogP contribution in [0.4, 0.5) is 5.95 Å². The summed E-state index contributed by atoms with van der Waals surface area (Å²) in [6, 6.07) is 8.03. The van der Waals surface area contributed by atoms with E-state index in [1.807, 2.05) is 37.4 Å². The highest BCUT2D eigenvalue weighted by atomic mass is 35.5. The summed E-state index contributed by atoms with van der Waals surface area (Å²) >= 11 is 0. The van der Waals surface area contributed by atoms with Crippen molar-refractivity contribution >= 4 is 35.5 Å². The Hall–Kier alpha value is -2.54. The molecule has 0 unspecified atom stereocenters. The van der Waals surface area contributed by atoms with Gasteiger partial charge in [0.05, 0.1) is 6.21 Å². The molecule has 1 aromatic carbocycles. The molecule has 0 atom stereocenters. The maximum atomic E-state index is 5.81. The van der Waals surface area contributed by atoms with Gasteiger partial charge in [0.25, 0.3) is 5.95 Å². The van der Waals surface area contributed by atoms with Crippen molar-refractivity contribution in [2.45, 2.75) is 13.3 Å². The van der Waals surface area contributed by atoms with Gasteiger partial charge < -0.3 is 10.8 Å². The molecule has 0 saturated carbocycles. The average molecular weight is 306 g/mol. The third-order valence-corrected chi connectivity index (χ3v) is 3.07. The van der Waals surface area contributed by atoms with Crippen LogP contribution in [-0.2, 0) is 6.42 Å². The van der Waals surface area contributed by atoms with Gasteiger partial charge in [-0.15, -0.1) is 22.6 Å². The first kappa shape index (κ1) is 14.9. The summed E-state index contributed by atoms with van der Waals surface area (Å²) in [6.45, 7) is 1.96. The first-order chi connectivity index (χ1) is 9.79. The van der Waals surface area contributed by atoms with Crippen molar-refractivity contribution in [1.29, 1.82) is 0 Å². The number of nitrogens with zero attached hydrogens (tertiary/aromatic N) is 4. The number of nitrogen functional groups attached to an aromatic ring is 1. The van der Waals surface area contributed by atoms with E-state index in [1.54, 1.807) is 6.21 Å². The van der Waals surface area contributed by atoms with Gasteiger partial charge in [0.15, 0.2) is 5.82 Å². The summed E-state index contributed by atoms with van der Waals surface area (Å²) in [5, 5.41) is 13.1. The molecule has 0 aliphatic rings. The lowest BCUT2D eigenvalue weighted by Gasteiger charge is -2.00. The van der Waals surface area contributed by atoms with Crippen LogP contribution in [0.1, 0.15) is 18.3 Å². The molecule has 0 spiro atoms. The number of anilines is 1. The van der Waals surface area contributed by atoms with E-state index in [-0.39, 0.29) is 12.4 Å². The van der Waals surface area contributed by atoms with E-state index in [4.69, 9.17) is 5.84 Å². The molecular weight excluding hydrogens is 290 g/mol. The normalized spacial score (nSPS) is 10.9.